The van der Waals surface area contributed by atoms with E-state index < -0.39 is 29.9 Å². The molecule has 2 aromatic carbocycles. The summed E-state index contributed by atoms with van der Waals surface area (Å²) in [5.74, 6) is 0.965. The first kappa shape index (κ1) is 28.1. The van der Waals surface area contributed by atoms with Crippen LogP contribution in [0.15, 0.2) is 48.7 Å². The van der Waals surface area contributed by atoms with Crippen LogP contribution in [-0.2, 0) is 10.3 Å². The van der Waals surface area contributed by atoms with Gasteiger partial charge in [-0.15, -0.1) is 0 Å². The van der Waals surface area contributed by atoms with Gasteiger partial charge in [0, 0.05) is 36.4 Å². The summed E-state index contributed by atoms with van der Waals surface area (Å²) in [6.07, 6.45) is 1.66. The van der Waals surface area contributed by atoms with Crippen LogP contribution in [0.2, 0.25) is 0 Å². The van der Waals surface area contributed by atoms with Crippen molar-refractivity contribution in [1.29, 1.82) is 0 Å². The summed E-state index contributed by atoms with van der Waals surface area (Å²) < 4.78 is 45.2. The van der Waals surface area contributed by atoms with Crippen molar-refractivity contribution < 1.29 is 32.6 Å². The first-order valence-electron chi connectivity index (χ1n) is 14.3. The largest absolute Gasteiger partial charge is 0.489 e. The number of carbonyl (C=O) groups is 2. The molecule has 0 fully saturated rings. The van der Waals surface area contributed by atoms with Crippen LogP contribution in [0.1, 0.15) is 73.6 Å². The number of benzene rings is 2. The number of fused-ring (bicyclic) bond motifs is 10. The molecule has 10 nitrogen and oxygen atoms in total. The Morgan fingerprint density at radius 2 is 1.95 bits per heavy atom. The van der Waals surface area contributed by atoms with Crippen molar-refractivity contribution in [1.82, 2.24) is 24.8 Å². The second-order valence-corrected chi connectivity index (χ2v) is 12.6. The second-order valence-electron chi connectivity index (χ2n) is 12.6. The molecule has 2 bridgehead atoms. The van der Waals surface area contributed by atoms with Crippen LogP contribution >= 0.6 is 0 Å². The number of amides is 2. The number of ether oxygens (including phenoxy) is 3. The molecule has 2 aromatic heterocycles. The van der Waals surface area contributed by atoms with E-state index in [2.05, 4.69) is 10.3 Å². The highest BCUT2D eigenvalue weighted by atomic mass is 19.3. The smallest absolute Gasteiger partial charge is 0.408 e. The molecule has 3 atom stereocenters. The van der Waals surface area contributed by atoms with Gasteiger partial charge < -0.3 is 29.0 Å². The van der Waals surface area contributed by atoms with Gasteiger partial charge >= 0.3 is 12.7 Å². The molecule has 228 valence electrons. The van der Waals surface area contributed by atoms with E-state index >= 15 is 0 Å². The lowest BCUT2D eigenvalue weighted by atomic mass is 9.97. The maximum atomic E-state index is 13.4. The Balaban J connectivity index is 1.28. The third kappa shape index (κ3) is 4.42. The minimum Gasteiger partial charge on any atom is -0.489 e. The molecule has 0 saturated carbocycles. The lowest BCUT2D eigenvalue weighted by molar-refractivity contribution is -0.0507. The Morgan fingerprint density at radius 3 is 2.70 bits per heavy atom. The zero-order valence-corrected chi connectivity index (χ0v) is 24.9. The summed E-state index contributed by atoms with van der Waals surface area (Å²) in [5, 5.41) is 2.89. The molecule has 0 saturated heterocycles. The van der Waals surface area contributed by atoms with E-state index in [-0.39, 0.29) is 24.3 Å². The zero-order chi connectivity index (χ0) is 31.1. The van der Waals surface area contributed by atoms with E-state index in [1.165, 1.54) is 6.07 Å². The minimum atomic E-state index is -3.03. The van der Waals surface area contributed by atoms with Crippen LogP contribution in [0.5, 0.6) is 11.5 Å². The zero-order valence-electron chi connectivity index (χ0n) is 24.9. The SMILES string of the molecule is CN1C(=O)c2cccc(OC(F)F)c2C2CC1c1nc3ccc(-c4cnc5c(c4)OCC5(C)NC(=O)OC(C)(C)C)cc3n12. The molecule has 2 amide bonds. The minimum absolute atomic E-state index is 0.0150. The monoisotopic (exact) mass is 603 g/mol. The Kier molecular flexibility index (Phi) is 6.14. The van der Waals surface area contributed by atoms with Gasteiger partial charge in [-0.3, -0.25) is 9.78 Å². The highest BCUT2D eigenvalue weighted by Crippen LogP contribution is 2.50. The summed E-state index contributed by atoms with van der Waals surface area (Å²) in [5.41, 5.74) is 3.00. The van der Waals surface area contributed by atoms with Gasteiger partial charge in [-0.1, -0.05) is 12.1 Å². The van der Waals surface area contributed by atoms with Crippen molar-refractivity contribution >= 4 is 23.0 Å². The highest BCUT2D eigenvalue weighted by molar-refractivity contribution is 5.98. The number of nitrogens with one attached hydrogen (secondary N) is 1. The number of halogens is 2. The van der Waals surface area contributed by atoms with Gasteiger partial charge in [0.25, 0.3) is 5.91 Å². The van der Waals surface area contributed by atoms with E-state index in [4.69, 9.17) is 19.2 Å². The maximum absolute atomic E-state index is 13.4. The molecular formula is C32H31F2N5O5. The average molecular weight is 604 g/mol. The number of pyridine rings is 1. The molecule has 12 heteroatoms. The van der Waals surface area contributed by atoms with Crippen LogP contribution < -0.4 is 14.8 Å². The summed E-state index contributed by atoms with van der Waals surface area (Å²) in [7, 11) is 1.71. The van der Waals surface area contributed by atoms with Crippen molar-refractivity contribution in [2.45, 2.75) is 64.0 Å². The van der Waals surface area contributed by atoms with Gasteiger partial charge in [-0.25, -0.2) is 9.78 Å². The number of aromatic nitrogens is 3. The molecule has 4 aromatic rings. The Morgan fingerprint density at radius 1 is 1.16 bits per heavy atom. The summed E-state index contributed by atoms with van der Waals surface area (Å²) in [4.78, 5) is 37.1. The molecular weight excluding hydrogens is 572 g/mol. The number of carbonyl (C=O) groups excluding carboxylic acids is 2. The first-order chi connectivity index (χ1) is 20.8. The summed E-state index contributed by atoms with van der Waals surface area (Å²) in [6.45, 7) is 4.40. The fourth-order valence-corrected chi connectivity index (χ4v) is 6.50. The van der Waals surface area contributed by atoms with Gasteiger partial charge in [-0.2, -0.15) is 8.78 Å². The number of imidazole rings is 1. The average Bonchev–Trinajstić information content (AvgIpc) is 3.58. The number of rotatable bonds is 4. The molecule has 7 rings (SSSR count). The fourth-order valence-electron chi connectivity index (χ4n) is 6.50. The lowest BCUT2D eigenvalue weighted by Crippen LogP contribution is -2.47. The highest BCUT2D eigenvalue weighted by Gasteiger charge is 2.45. The molecule has 0 radical (unpaired) electrons. The van der Waals surface area contributed by atoms with Crippen molar-refractivity contribution in [3.63, 3.8) is 0 Å². The van der Waals surface area contributed by atoms with Crippen LogP contribution in [0.3, 0.4) is 0 Å². The molecule has 0 aliphatic carbocycles. The number of alkyl halides is 2. The number of nitrogens with zero attached hydrogens (tertiary/aromatic N) is 4. The molecule has 1 N–H and O–H groups in total. The summed E-state index contributed by atoms with van der Waals surface area (Å²) in [6, 6.07) is 11.6. The second kappa shape index (κ2) is 9.63. The van der Waals surface area contributed by atoms with E-state index in [9.17, 15) is 18.4 Å². The van der Waals surface area contributed by atoms with Crippen molar-refractivity contribution in [2.24, 2.45) is 0 Å². The third-order valence-electron chi connectivity index (χ3n) is 8.41. The number of alkyl carbamates (subject to hydrolysis) is 1. The third-order valence-corrected chi connectivity index (χ3v) is 8.41. The van der Waals surface area contributed by atoms with Gasteiger partial charge in [0.2, 0.25) is 0 Å². The predicted octanol–water partition coefficient (Wildman–Crippen LogP) is 5.95. The van der Waals surface area contributed by atoms with Crippen molar-refractivity contribution in [3.8, 4) is 22.6 Å². The lowest BCUT2D eigenvalue weighted by Gasteiger charge is -2.26. The molecule has 44 heavy (non-hydrogen) atoms. The van der Waals surface area contributed by atoms with E-state index in [1.54, 1.807) is 51.0 Å². The molecule has 0 spiro atoms. The van der Waals surface area contributed by atoms with Crippen LogP contribution in [0.25, 0.3) is 22.2 Å². The maximum Gasteiger partial charge on any atom is 0.408 e. The van der Waals surface area contributed by atoms with Crippen LogP contribution in [0, 0.1) is 0 Å². The molecule has 3 aliphatic heterocycles. The van der Waals surface area contributed by atoms with Gasteiger partial charge in [-0.05, 0) is 63.6 Å². The van der Waals surface area contributed by atoms with Crippen molar-refractivity contribution in [2.75, 3.05) is 13.7 Å². The number of hydrogen-bond acceptors (Lipinski definition) is 7. The standard InChI is InChI=1S/C32H31F2N5O5/c1-31(2,3)44-30(41)37-32(4)15-42-24-12-17(14-35-26(24)32)16-9-10-19-20(11-16)39-21-13-22(27(39)36-19)38(5)28(40)18-7-6-8-23(25(18)21)43-29(33)34/h6-12,14,21-22,29H,13,15H2,1-5H3,(H,37,41). The fraction of sp³-hybridized carbons (Fsp3) is 0.375. The van der Waals surface area contributed by atoms with E-state index in [0.717, 1.165) is 22.2 Å². The predicted molar refractivity (Wildman–Crippen MR) is 156 cm³/mol. The number of hydrogen-bond donors (Lipinski definition) is 1. The van der Waals surface area contributed by atoms with E-state index in [0.29, 0.717) is 34.8 Å². The van der Waals surface area contributed by atoms with Crippen molar-refractivity contribution in [3.05, 3.63) is 71.3 Å². The summed E-state index contributed by atoms with van der Waals surface area (Å²) >= 11 is 0. The Labute approximate surface area is 251 Å². The van der Waals surface area contributed by atoms with Gasteiger partial charge in [0.05, 0.1) is 23.1 Å². The van der Waals surface area contributed by atoms with Gasteiger partial charge in [0.15, 0.2) is 0 Å². The molecule has 3 unspecified atom stereocenters. The van der Waals surface area contributed by atoms with E-state index in [1.807, 2.05) is 35.8 Å². The first-order valence-corrected chi connectivity index (χ1v) is 14.3. The van der Waals surface area contributed by atoms with Gasteiger partial charge in [0.1, 0.15) is 40.8 Å². The Hall–Kier alpha value is -4.74. The normalized spacial score (nSPS) is 21.9. The topological polar surface area (TPSA) is 108 Å². The quantitative estimate of drug-likeness (QED) is 0.307. The Bertz CT molecular complexity index is 1850. The molecule has 5 heterocycles. The molecule has 3 aliphatic rings. The van der Waals surface area contributed by atoms with Crippen LogP contribution in [-0.4, -0.2) is 57.3 Å². The van der Waals surface area contributed by atoms with Crippen LogP contribution in [0.4, 0.5) is 13.6 Å².